The average Bonchev–Trinajstić information content (AvgIpc) is 2.08. The summed E-state index contributed by atoms with van der Waals surface area (Å²) >= 11 is 5.81. The second kappa shape index (κ2) is 5.05. The molecule has 1 N–H and O–H groups in total. The normalized spacial score (nSPS) is 11.7. The smallest absolute Gasteiger partial charge is 0.0621 e. The van der Waals surface area contributed by atoms with Crippen molar-refractivity contribution in [1.29, 1.82) is 0 Å². The van der Waals surface area contributed by atoms with E-state index in [1.807, 2.05) is 25.1 Å². The molecule has 0 bridgehead atoms. The highest BCUT2D eigenvalue weighted by Crippen LogP contribution is 2.14. The standard InChI is InChI=1S/C12H13ClO/c1-9-8-12(13)7-6-11(9)5-3-4-10(2)14/h6-8,10,14H,4H2,1-2H3. The third-order valence-corrected chi connectivity index (χ3v) is 2.04. The van der Waals surface area contributed by atoms with E-state index in [-0.39, 0.29) is 6.10 Å². The van der Waals surface area contributed by atoms with E-state index in [0.29, 0.717) is 6.42 Å². The topological polar surface area (TPSA) is 20.2 Å². The molecular weight excluding hydrogens is 196 g/mol. The Morgan fingerprint density at radius 2 is 2.21 bits per heavy atom. The number of aryl methyl sites for hydroxylation is 1. The highest BCUT2D eigenvalue weighted by Gasteiger charge is 1.95. The monoisotopic (exact) mass is 208 g/mol. The van der Waals surface area contributed by atoms with Crippen molar-refractivity contribution in [2.45, 2.75) is 26.4 Å². The fourth-order valence-electron chi connectivity index (χ4n) is 1.06. The van der Waals surface area contributed by atoms with E-state index in [1.165, 1.54) is 0 Å². The van der Waals surface area contributed by atoms with Gasteiger partial charge >= 0.3 is 0 Å². The van der Waals surface area contributed by atoms with Gasteiger partial charge in [0.15, 0.2) is 0 Å². The van der Waals surface area contributed by atoms with E-state index < -0.39 is 0 Å². The average molecular weight is 209 g/mol. The predicted molar refractivity (Wildman–Crippen MR) is 59.4 cm³/mol. The van der Waals surface area contributed by atoms with Crippen LogP contribution < -0.4 is 0 Å². The van der Waals surface area contributed by atoms with Gasteiger partial charge in [0.2, 0.25) is 0 Å². The third kappa shape index (κ3) is 3.41. The van der Waals surface area contributed by atoms with Gasteiger partial charge in [0.05, 0.1) is 6.10 Å². The largest absolute Gasteiger partial charge is 0.392 e. The maximum Gasteiger partial charge on any atom is 0.0621 e. The highest BCUT2D eigenvalue weighted by atomic mass is 35.5. The van der Waals surface area contributed by atoms with Gasteiger partial charge in [0.1, 0.15) is 0 Å². The molecule has 0 aromatic heterocycles. The van der Waals surface area contributed by atoms with Gasteiger partial charge < -0.3 is 5.11 Å². The molecule has 74 valence electrons. The van der Waals surface area contributed by atoms with Crippen LogP contribution in [0.2, 0.25) is 5.02 Å². The van der Waals surface area contributed by atoms with E-state index >= 15 is 0 Å². The number of hydrogen-bond donors (Lipinski definition) is 1. The SMILES string of the molecule is Cc1cc(Cl)ccc1C#CCC(C)O. The van der Waals surface area contributed by atoms with Crippen LogP contribution >= 0.6 is 11.6 Å². The molecule has 0 fully saturated rings. The number of hydrogen-bond acceptors (Lipinski definition) is 1. The summed E-state index contributed by atoms with van der Waals surface area (Å²) in [6.45, 7) is 3.70. The molecule has 0 radical (unpaired) electrons. The Labute approximate surface area is 89.7 Å². The van der Waals surface area contributed by atoms with Crippen molar-refractivity contribution in [3.63, 3.8) is 0 Å². The first-order valence-corrected chi connectivity index (χ1v) is 4.90. The molecule has 1 rings (SSSR count). The van der Waals surface area contributed by atoms with Crippen LogP contribution in [-0.4, -0.2) is 11.2 Å². The number of benzene rings is 1. The number of halogens is 1. The maximum atomic E-state index is 9.02. The fraction of sp³-hybridized carbons (Fsp3) is 0.333. The summed E-state index contributed by atoms with van der Waals surface area (Å²) in [5.74, 6) is 5.92. The van der Waals surface area contributed by atoms with E-state index in [2.05, 4.69) is 11.8 Å². The van der Waals surface area contributed by atoms with E-state index in [9.17, 15) is 0 Å². The molecule has 0 amide bonds. The lowest BCUT2D eigenvalue weighted by molar-refractivity contribution is 0.201. The lowest BCUT2D eigenvalue weighted by Crippen LogP contribution is -1.95. The Morgan fingerprint density at radius 1 is 1.50 bits per heavy atom. The van der Waals surface area contributed by atoms with Crippen LogP contribution in [0, 0.1) is 18.8 Å². The second-order valence-electron chi connectivity index (χ2n) is 3.31. The fourth-order valence-corrected chi connectivity index (χ4v) is 1.29. The molecule has 1 aromatic rings. The van der Waals surface area contributed by atoms with Crippen LogP contribution in [0.5, 0.6) is 0 Å². The quantitative estimate of drug-likeness (QED) is 0.704. The molecule has 1 unspecified atom stereocenters. The molecule has 0 aliphatic carbocycles. The summed E-state index contributed by atoms with van der Waals surface area (Å²) in [7, 11) is 0. The molecule has 2 heteroatoms. The van der Waals surface area contributed by atoms with Crippen LogP contribution in [0.1, 0.15) is 24.5 Å². The second-order valence-corrected chi connectivity index (χ2v) is 3.75. The molecule has 0 heterocycles. The van der Waals surface area contributed by atoms with E-state index in [1.54, 1.807) is 6.92 Å². The van der Waals surface area contributed by atoms with Crippen molar-refractivity contribution in [1.82, 2.24) is 0 Å². The molecule has 1 aromatic carbocycles. The Morgan fingerprint density at radius 3 is 2.79 bits per heavy atom. The molecule has 1 nitrogen and oxygen atoms in total. The minimum Gasteiger partial charge on any atom is -0.392 e. The minimum absolute atomic E-state index is 0.366. The minimum atomic E-state index is -0.366. The van der Waals surface area contributed by atoms with Gasteiger partial charge in [-0.3, -0.25) is 0 Å². The van der Waals surface area contributed by atoms with Gasteiger partial charge in [0.25, 0.3) is 0 Å². The predicted octanol–water partition coefficient (Wildman–Crippen LogP) is 2.77. The molecule has 0 saturated heterocycles. The Balaban J connectivity index is 2.80. The van der Waals surface area contributed by atoms with Crippen LogP contribution in [-0.2, 0) is 0 Å². The molecular formula is C12H13ClO. The third-order valence-electron chi connectivity index (χ3n) is 1.81. The molecule has 1 atom stereocenters. The van der Waals surface area contributed by atoms with Gasteiger partial charge in [-0.2, -0.15) is 0 Å². The number of aliphatic hydroxyl groups is 1. The lowest BCUT2D eigenvalue weighted by atomic mass is 10.1. The van der Waals surface area contributed by atoms with Crippen LogP contribution in [0.4, 0.5) is 0 Å². The Hall–Kier alpha value is -0.970. The zero-order valence-corrected chi connectivity index (χ0v) is 9.10. The first-order valence-electron chi connectivity index (χ1n) is 4.52. The van der Waals surface area contributed by atoms with E-state index in [4.69, 9.17) is 16.7 Å². The summed E-state index contributed by atoms with van der Waals surface area (Å²) in [5, 5.41) is 9.75. The van der Waals surface area contributed by atoms with Gasteiger partial charge in [-0.05, 0) is 37.6 Å². The van der Waals surface area contributed by atoms with Crippen molar-refractivity contribution in [3.8, 4) is 11.8 Å². The Kier molecular flexibility index (Phi) is 4.00. The van der Waals surface area contributed by atoms with Crippen molar-refractivity contribution < 1.29 is 5.11 Å². The zero-order valence-electron chi connectivity index (χ0n) is 8.34. The first-order chi connectivity index (χ1) is 6.59. The van der Waals surface area contributed by atoms with Gasteiger partial charge in [-0.25, -0.2) is 0 Å². The van der Waals surface area contributed by atoms with E-state index in [0.717, 1.165) is 16.1 Å². The van der Waals surface area contributed by atoms with Crippen LogP contribution in [0.25, 0.3) is 0 Å². The molecule has 0 aliphatic rings. The summed E-state index contributed by atoms with van der Waals surface area (Å²) in [6, 6.07) is 5.60. The molecule has 0 spiro atoms. The van der Waals surface area contributed by atoms with Gasteiger partial charge in [0, 0.05) is 17.0 Å². The number of rotatable bonds is 1. The molecule has 0 aliphatic heterocycles. The van der Waals surface area contributed by atoms with Gasteiger partial charge in [-0.15, -0.1) is 0 Å². The van der Waals surface area contributed by atoms with Crippen LogP contribution in [0.3, 0.4) is 0 Å². The maximum absolute atomic E-state index is 9.02. The summed E-state index contributed by atoms with van der Waals surface area (Å²) in [6.07, 6.45) is 0.136. The Bertz CT molecular complexity index is 372. The van der Waals surface area contributed by atoms with Crippen molar-refractivity contribution in [3.05, 3.63) is 34.3 Å². The molecule has 0 saturated carbocycles. The van der Waals surface area contributed by atoms with Crippen LogP contribution in [0.15, 0.2) is 18.2 Å². The molecule has 14 heavy (non-hydrogen) atoms. The highest BCUT2D eigenvalue weighted by molar-refractivity contribution is 6.30. The van der Waals surface area contributed by atoms with Gasteiger partial charge in [-0.1, -0.05) is 23.4 Å². The summed E-state index contributed by atoms with van der Waals surface area (Å²) < 4.78 is 0. The van der Waals surface area contributed by atoms with Crippen molar-refractivity contribution in [2.24, 2.45) is 0 Å². The van der Waals surface area contributed by atoms with Crippen molar-refractivity contribution >= 4 is 11.6 Å². The number of aliphatic hydroxyl groups excluding tert-OH is 1. The summed E-state index contributed by atoms with van der Waals surface area (Å²) in [5.41, 5.74) is 2.03. The summed E-state index contributed by atoms with van der Waals surface area (Å²) in [4.78, 5) is 0. The van der Waals surface area contributed by atoms with Crippen molar-refractivity contribution in [2.75, 3.05) is 0 Å². The lowest BCUT2D eigenvalue weighted by Gasteiger charge is -1.98. The zero-order chi connectivity index (χ0) is 10.6. The first kappa shape index (κ1) is 11.1.